The second kappa shape index (κ2) is 9.20. The minimum absolute atomic E-state index is 0.154. The number of rotatable bonds is 4. The molecule has 180 valence electrons. The topological polar surface area (TPSA) is 29.7 Å². The van der Waals surface area contributed by atoms with Crippen molar-refractivity contribution in [3.8, 4) is 45.0 Å². The van der Waals surface area contributed by atoms with E-state index in [1.165, 1.54) is 27.8 Å². The van der Waals surface area contributed by atoms with Gasteiger partial charge in [0.15, 0.2) is 18.2 Å². The monoisotopic (exact) mass is 488 g/mol. The number of hydrogen-bond donors (Lipinski definition) is 0. The van der Waals surface area contributed by atoms with Gasteiger partial charge in [0.2, 0.25) is 6.04 Å². The fourth-order valence-electron chi connectivity index (χ4n) is 5.47. The minimum atomic E-state index is 0.154. The maximum absolute atomic E-state index is 5.06. The van der Waals surface area contributed by atoms with Crippen LogP contribution in [0.1, 0.15) is 22.7 Å². The fraction of sp³-hybridized carbons (Fsp3) is 0.0571. The molecule has 0 fully saturated rings. The smallest absolute Gasteiger partial charge is 0.210 e. The lowest BCUT2D eigenvalue weighted by molar-refractivity contribution is -0.704. The van der Waals surface area contributed by atoms with Crippen LogP contribution in [0.3, 0.4) is 0 Å². The molecule has 0 saturated heterocycles. The molecule has 2 heterocycles. The van der Waals surface area contributed by atoms with Gasteiger partial charge in [0.25, 0.3) is 0 Å². The standard InChI is InChI=1S/C35H26N3/c1-24-15-17-28-30(21-24)31-22-27(16-18-29(31)34(28)38-19-9-4-10-20-38)33-23-32(25-11-5-2-6-12-25)36-35(37-33)26-13-7-3-8-14-26/h2-23,34H,1H3/q+1. The van der Waals surface area contributed by atoms with E-state index in [1.54, 1.807) is 0 Å². The first-order valence-corrected chi connectivity index (χ1v) is 13.0. The molecule has 1 unspecified atom stereocenters. The van der Waals surface area contributed by atoms with Crippen LogP contribution in [0.4, 0.5) is 0 Å². The fourth-order valence-corrected chi connectivity index (χ4v) is 5.47. The van der Waals surface area contributed by atoms with Gasteiger partial charge in [0, 0.05) is 39.9 Å². The van der Waals surface area contributed by atoms with Crippen LogP contribution < -0.4 is 4.57 Å². The Morgan fingerprint density at radius 2 is 1.11 bits per heavy atom. The van der Waals surface area contributed by atoms with Crippen molar-refractivity contribution in [1.82, 2.24) is 9.97 Å². The lowest BCUT2D eigenvalue weighted by Crippen LogP contribution is -2.38. The predicted molar refractivity (Wildman–Crippen MR) is 152 cm³/mol. The molecule has 0 aliphatic heterocycles. The van der Waals surface area contributed by atoms with E-state index in [2.05, 4.69) is 121 Å². The van der Waals surface area contributed by atoms with Gasteiger partial charge in [0.05, 0.1) is 11.4 Å². The molecule has 0 N–H and O–H groups in total. The third-order valence-electron chi connectivity index (χ3n) is 7.30. The average Bonchev–Trinajstić information content (AvgIpc) is 3.31. The molecule has 0 spiro atoms. The summed E-state index contributed by atoms with van der Waals surface area (Å²) >= 11 is 0. The van der Waals surface area contributed by atoms with Gasteiger partial charge in [-0.25, -0.2) is 9.97 Å². The normalized spacial score (nSPS) is 13.7. The first-order valence-electron chi connectivity index (χ1n) is 13.0. The Morgan fingerprint density at radius 3 is 1.82 bits per heavy atom. The summed E-state index contributed by atoms with van der Waals surface area (Å²) in [5.41, 5.74) is 11.5. The van der Waals surface area contributed by atoms with Crippen molar-refractivity contribution in [2.24, 2.45) is 0 Å². The molecule has 3 nitrogen and oxygen atoms in total. The zero-order valence-corrected chi connectivity index (χ0v) is 21.1. The second-order valence-corrected chi connectivity index (χ2v) is 9.81. The molecule has 1 aliphatic rings. The van der Waals surface area contributed by atoms with Gasteiger partial charge in [0.1, 0.15) is 0 Å². The van der Waals surface area contributed by atoms with Gasteiger partial charge in [-0.1, -0.05) is 103 Å². The molecule has 7 rings (SSSR count). The number of aryl methyl sites for hydroxylation is 1. The Labute approximate surface area is 222 Å². The first kappa shape index (κ1) is 22.3. The number of pyridine rings is 1. The molecule has 0 saturated carbocycles. The van der Waals surface area contributed by atoms with Crippen molar-refractivity contribution in [2.75, 3.05) is 0 Å². The Kier molecular flexibility index (Phi) is 5.41. The Bertz CT molecular complexity index is 1700. The SMILES string of the molecule is Cc1ccc2c(c1)-c1cc(-c3cc(-c4ccccc4)nc(-c4ccccc4)n3)ccc1C2[n+]1ccccc1. The Balaban J connectivity index is 1.42. The number of fused-ring (bicyclic) bond motifs is 3. The van der Waals surface area contributed by atoms with Crippen LogP contribution in [0.25, 0.3) is 45.0 Å². The zero-order chi connectivity index (χ0) is 25.5. The van der Waals surface area contributed by atoms with Crippen molar-refractivity contribution in [3.63, 3.8) is 0 Å². The van der Waals surface area contributed by atoms with Crippen LogP contribution in [0.15, 0.2) is 134 Å². The van der Waals surface area contributed by atoms with Crippen LogP contribution in [0, 0.1) is 6.92 Å². The maximum Gasteiger partial charge on any atom is 0.210 e. The molecule has 1 atom stereocenters. The van der Waals surface area contributed by atoms with Gasteiger partial charge in [-0.15, -0.1) is 0 Å². The van der Waals surface area contributed by atoms with E-state index in [1.807, 2.05) is 24.3 Å². The lowest BCUT2D eigenvalue weighted by atomic mass is 9.99. The summed E-state index contributed by atoms with van der Waals surface area (Å²) in [6, 6.07) is 42.7. The van der Waals surface area contributed by atoms with E-state index in [0.29, 0.717) is 0 Å². The highest BCUT2D eigenvalue weighted by molar-refractivity contribution is 5.83. The van der Waals surface area contributed by atoms with Crippen LogP contribution in [0.2, 0.25) is 0 Å². The van der Waals surface area contributed by atoms with Crippen molar-refractivity contribution in [2.45, 2.75) is 13.0 Å². The third-order valence-corrected chi connectivity index (χ3v) is 7.30. The molecular formula is C35H26N3+. The van der Waals surface area contributed by atoms with Crippen LogP contribution in [-0.2, 0) is 0 Å². The van der Waals surface area contributed by atoms with Gasteiger partial charge in [-0.2, -0.15) is 4.57 Å². The highest BCUT2D eigenvalue weighted by atomic mass is 15.0. The van der Waals surface area contributed by atoms with Crippen LogP contribution >= 0.6 is 0 Å². The minimum Gasteiger partial charge on any atom is -0.228 e. The van der Waals surface area contributed by atoms with E-state index in [-0.39, 0.29) is 6.04 Å². The lowest BCUT2D eigenvalue weighted by Gasteiger charge is -2.11. The highest BCUT2D eigenvalue weighted by Gasteiger charge is 2.35. The summed E-state index contributed by atoms with van der Waals surface area (Å²) in [6.45, 7) is 2.16. The largest absolute Gasteiger partial charge is 0.228 e. The number of hydrogen-bond acceptors (Lipinski definition) is 2. The molecule has 0 amide bonds. The predicted octanol–water partition coefficient (Wildman–Crippen LogP) is 7.69. The van der Waals surface area contributed by atoms with E-state index >= 15 is 0 Å². The number of benzene rings is 4. The molecule has 6 aromatic rings. The third kappa shape index (κ3) is 3.89. The average molecular weight is 489 g/mol. The zero-order valence-electron chi connectivity index (χ0n) is 21.1. The quantitative estimate of drug-likeness (QED) is 0.238. The van der Waals surface area contributed by atoms with Crippen LogP contribution in [-0.4, -0.2) is 9.97 Å². The molecule has 0 radical (unpaired) electrons. The maximum atomic E-state index is 5.06. The van der Waals surface area contributed by atoms with Crippen molar-refractivity contribution in [1.29, 1.82) is 0 Å². The number of nitrogens with zero attached hydrogens (tertiary/aromatic N) is 3. The van der Waals surface area contributed by atoms with E-state index in [9.17, 15) is 0 Å². The van der Waals surface area contributed by atoms with Gasteiger partial charge in [-0.05, 0) is 30.2 Å². The first-order chi connectivity index (χ1) is 18.7. The van der Waals surface area contributed by atoms with E-state index in [4.69, 9.17) is 9.97 Å². The Morgan fingerprint density at radius 1 is 0.526 bits per heavy atom. The van der Waals surface area contributed by atoms with Crippen molar-refractivity contribution >= 4 is 0 Å². The molecular weight excluding hydrogens is 462 g/mol. The van der Waals surface area contributed by atoms with Crippen molar-refractivity contribution in [3.05, 3.63) is 150 Å². The highest BCUT2D eigenvalue weighted by Crippen LogP contribution is 2.45. The summed E-state index contributed by atoms with van der Waals surface area (Å²) in [4.78, 5) is 10.0. The Hall–Kier alpha value is -4.89. The van der Waals surface area contributed by atoms with Crippen molar-refractivity contribution < 1.29 is 4.57 Å². The van der Waals surface area contributed by atoms with E-state index < -0.39 is 0 Å². The summed E-state index contributed by atoms with van der Waals surface area (Å²) in [6.07, 6.45) is 4.31. The van der Waals surface area contributed by atoms with Gasteiger partial charge < -0.3 is 0 Å². The summed E-state index contributed by atoms with van der Waals surface area (Å²) < 4.78 is 2.30. The molecule has 2 aromatic heterocycles. The van der Waals surface area contributed by atoms with E-state index in [0.717, 1.165) is 33.9 Å². The summed E-state index contributed by atoms with van der Waals surface area (Å²) in [5, 5.41) is 0. The van der Waals surface area contributed by atoms with Gasteiger partial charge in [-0.3, -0.25) is 0 Å². The molecule has 3 heteroatoms. The molecule has 1 aliphatic carbocycles. The molecule has 0 bridgehead atoms. The molecule has 38 heavy (non-hydrogen) atoms. The van der Waals surface area contributed by atoms with Gasteiger partial charge >= 0.3 is 0 Å². The van der Waals surface area contributed by atoms with Crippen LogP contribution in [0.5, 0.6) is 0 Å². The summed E-state index contributed by atoms with van der Waals surface area (Å²) in [7, 11) is 0. The summed E-state index contributed by atoms with van der Waals surface area (Å²) in [5.74, 6) is 0.733. The second-order valence-electron chi connectivity index (χ2n) is 9.81. The molecule has 4 aromatic carbocycles. The number of aromatic nitrogens is 3.